The van der Waals surface area contributed by atoms with E-state index in [4.69, 9.17) is 27.4 Å². The van der Waals surface area contributed by atoms with Gasteiger partial charge in [-0.15, -0.1) is 0 Å². The number of ether oxygens (including phenoxy) is 2. The molecule has 31 heavy (non-hydrogen) atoms. The standard InChI is InChI=1S/C23H21N3O4S/c24-21(27)19-8-4-5-9-20(19)25-23(31)26-22(28)16-10-12-18(13-11-16)30-15-14-29-17-6-2-1-3-7-17/h1-13H,14-15H2,(H2,24,27)(H2,25,26,28,31). The largest absolute Gasteiger partial charge is 0.490 e. The van der Waals surface area contributed by atoms with E-state index >= 15 is 0 Å². The first-order chi connectivity index (χ1) is 15.0. The molecule has 0 aliphatic heterocycles. The normalized spacial score (nSPS) is 10.1. The molecule has 0 aliphatic rings. The molecule has 0 aromatic heterocycles. The van der Waals surface area contributed by atoms with E-state index in [9.17, 15) is 9.59 Å². The minimum Gasteiger partial charge on any atom is -0.490 e. The van der Waals surface area contributed by atoms with Crippen LogP contribution >= 0.6 is 12.2 Å². The van der Waals surface area contributed by atoms with Crippen molar-refractivity contribution in [2.24, 2.45) is 5.73 Å². The SMILES string of the molecule is NC(=O)c1ccccc1NC(=S)NC(=O)c1ccc(OCCOc2ccccc2)cc1. The molecule has 7 nitrogen and oxygen atoms in total. The predicted molar refractivity (Wildman–Crippen MR) is 123 cm³/mol. The Bertz CT molecular complexity index is 1060. The van der Waals surface area contributed by atoms with Gasteiger partial charge in [0, 0.05) is 5.56 Å². The van der Waals surface area contributed by atoms with Crippen LogP contribution in [0.5, 0.6) is 11.5 Å². The number of nitrogens with two attached hydrogens (primary N) is 1. The third-order valence-electron chi connectivity index (χ3n) is 4.15. The van der Waals surface area contributed by atoms with E-state index in [-0.39, 0.29) is 10.7 Å². The number of amides is 2. The van der Waals surface area contributed by atoms with Crippen molar-refractivity contribution in [1.29, 1.82) is 0 Å². The predicted octanol–water partition coefficient (Wildman–Crippen LogP) is 3.37. The van der Waals surface area contributed by atoms with E-state index in [1.165, 1.54) is 0 Å². The molecular formula is C23H21N3O4S. The Morgan fingerprint density at radius 2 is 1.39 bits per heavy atom. The molecule has 0 saturated carbocycles. The number of thiocarbonyl (C=S) groups is 1. The minimum absolute atomic E-state index is 0.0529. The van der Waals surface area contributed by atoms with Gasteiger partial charge in [-0.3, -0.25) is 14.9 Å². The second kappa shape index (κ2) is 10.7. The first-order valence-electron chi connectivity index (χ1n) is 9.45. The van der Waals surface area contributed by atoms with Crippen LogP contribution in [0.25, 0.3) is 0 Å². The number of carbonyl (C=O) groups is 2. The average molecular weight is 436 g/mol. The lowest BCUT2D eigenvalue weighted by Crippen LogP contribution is -2.34. The molecule has 158 valence electrons. The maximum atomic E-state index is 12.4. The lowest BCUT2D eigenvalue weighted by Gasteiger charge is -2.12. The van der Waals surface area contributed by atoms with Crippen LogP contribution in [0.2, 0.25) is 0 Å². The highest BCUT2D eigenvalue weighted by molar-refractivity contribution is 7.80. The van der Waals surface area contributed by atoms with E-state index in [2.05, 4.69) is 10.6 Å². The van der Waals surface area contributed by atoms with Crippen LogP contribution in [0.3, 0.4) is 0 Å². The zero-order valence-electron chi connectivity index (χ0n) is 16.5. The number of hydrogen-bond acceptors (Lipinski definition) is 5. The first-order valence-corrected chi connectivity index (χ1v) is 9.85. The van der Waals surface area contributed by atoms with Gasteiger partial charge in [0.2, 0.25) is 0 Å². The van der Waals surface area contributed by atoms with Crippen molar-refractivity contribution in [2.75, 3.05) is 18.5 Å². The quantitative estimate of drug-likeness (QED) is 0.370. The third kappa shape index (κ3) is 6.55. The Morgan fingerprint density at radius 1 is 0.806 bits per heavy atom. The summed E-state index contributed by atoms with van der Waals surface area (Å²) < 4.78 is 11.2. The van der Waals surface area contributed by atoms with Crippen molar-refractivity contribution >= 4 is 34.8 Å². The fourth-order valence-electron chi connectivity index (χ4n) is 2.67. The molecule has 0 heterocycles. The first kappa shape index (κ1) is 21.8. The zero-order valence-corrected chi connectivity index (χ0v) is 17.4. The van der Waals surface area contributed by atoms with Gasteiger partial charge in [-0.25, -0.2) is 0 Å². The molecule has 3 aromatic carbocycles. The topological polar surface area (TPSA) is 103 Å². The Hall–Kier alpha value is -3.91. The lowest BCUT2D eigenvalue weighted by molar-refractivity contribution is 0.0975. The fourth-order valence-corrected chi connectivity index (χ4v) is 2.88. The minimum atomic E-state index is -0.595. The highest BCUT2D eigenvalue weighted by Gasteiger charge is 2.11. The summed E-state index contributed by atoms with van der Waals surface area (Å²) in [7, 11) is 0. The van der Waals surface area contributed by atoms with Gasteiger partial charge in [0.05, 0.1) is 11.3 Å². The summed E-state index contributed by atoms with van der Waals surface area (Å²) in [4.78, 5) is 23.9. The van der Waals surface area contributed by atoms with Crippen LogP contribution in [0.1, 0.15) is 20.7 Å². The molecule has 0 unspecified atom stereocenters. The van der Waals surface area contributed by atoms with Crippen molar-refractivity contribution in [1.82, 2.24) is 5.32 Å². The van der Waals surface area contributed by atoms with Crippen LogP contribution in [-0.2, 0) is 0 Å². The summed E-state index contributed by atoms with van der Waals surface area (Å²) >= 11 is 5.16. The highest BCUT2D eigenvalue weighted by atomic mass is 32.1. The number of hydrogen-bond donors (Lipinski definition) is 3. The summed E-state index contributed by atoms with van der Waals surface area (Å²) in [5.41, 5.74) is 6.44. The highest BCUT2D eigenvalue weighted by Crippen LogP contribution is 2.15. The number of para-hydroxylation sites is 2. The molecule has 4 N–H and O–H groups in total. The Labute approximate surface area is 185 Å². The van der Waals surface area contributed by atoms with E-state index in [1.54, 1.807) is 48.5 Å². The smallest absolute Gasteiger partial charge is 0.257 e. The van der Waals surface area contributed by atoms with Crippen LogP contribution in [0.4, 0.5) is 5.69 Å². The summed E-state index contributed by atoms with van der Waals surface area (Å²) in [5, 5.41) is 5.43. The summed E-state index contributed by atoms with van der Waals surface area (Å²) in [6, 6.07) is 22.7. The van der Waals surface area contributed by atoms with Crippen molar-refractivity contribution in [3.05, 3.63) is 90.0 Å². The van der Waals surface area contributed by atoms with Gasteiger partial charge in [-0.1, -0.05) is 30.3 Å². The average Bonchev–Trinajstić information content (AvgIpc) is 2.78. The van der Waals surface area contributed by atoms with Crippen LogP contribution in [-0.4, -0.2) is 30.1 Å². The maximum absolute atomic E-state index is 12.4. The Balaban J connectivity index is 1.47. The van der Waals surface area contributed by atoms with Gasteiger partial charge < -0.3 is 20.5 Å². The van der Waals surface area contributed by atoms with E-state index in [0.717, 1.165) is 5.75 Å². The molecule has 2 amide bonds. The number of nitrogens with one attached hydrogen (secondary N) is 2. The number of rotatable bonds is 8. The van der Waals surface area contributed by atoms with Gasteiger partial charge in [0.25, 0.3) is 11.8 Å². The number of anilines is 1. The third-order valence-corrected chi connectivity index (χ3v) is 4.35. The molecule has 0 fully saturated rings. The lowest BCUT2D eigenvalue weighted by atomic mass is 10.1. The van der Waals surface area contributed by atoms with Crippen molar-refractivity contribution in [3.63, 3.8) is 0 Å². The second-order valence-electron chi connectivity index (χ2n) is 6.35. The van der Waals surface area contributed by atoms with Crippen molar-refractivity contribution in [2.45, 2.75) is 0 Å². The second-order valence-corrected chi connectivity index (χ2v) is 6.76. The van der Waals surface area contributed by atoms with Gasteiger partial charge in [-0.2, -0.15) is 0 Å². The van der Waals surface area contributed by atoms with Crippen LogP contribution in [0, 0.1) is 0 Å². The molecule has 0 radical (unpaired) electrons. The number of benzene rings is 3. The van der Waals surface area contributed by atoms with Gasteiger partial charge >= 0.3 is 0 Å². The van der Waals surface area contributed by atoms with Gasteiger partial charge in [0.15, 0.2) is 5.11 Å². The summed E-state index contributed by atoms with van der Waals surface area (Å²) in [6.45, 7) is 0.771. The molecule has 3 rings (SSSR count). The van der Waals surface area contributed by atoms with E-state index in [1.807, 2.05) is 30.3 Å². The Kier molecular flexibility index (Phi) is 7.56. The van der Waals surface area contributed by atoms with E-state index < -0.39 is 11.8 Å². The molecule has 8 heteroatoms. The molecule has 0 spiro atoms. The maximum Gasteiger partial charge on any atom is 0.257 e. The summed E-state index contributed by atoms with van der Waals surface area (Å²) in [5.74, 6) is 0.403. The summed E-state index contributed by atoms with van der Waals surface area (Å²) in [6.07, 6.45) is 0. The van der Waals surface area contributed by atoms with Crippen molar-refractivity contribution in [3.8, 4) is 11.5 Å². The molecule has 0 bridgehead atoms. The van der Waals surface area contributed by atoms with Gasteiger partial charge in [-0.05, 0) is 60.7 Å². The molecule has 0 saturated heterocycles. The fraction of sp³-hybridized carbons (Fsp3) is 0.0870. The van der Waals surface area contributed by atoms with Crippen LogP contribution < -0.4 is 25.8 Å². The Morgan fingerprint density at radius 3 is 2.03 bits per heavy atom. The molecular weight excluding hydrogens is 414 g/mol. The van der Waals surface area contributed by atoms with Crippen LogP contribution in [0.15, 0.2) is 78.9 Å². The van der Waals surface area contributed by atoms with Gasteiger partial charge in [0.1, 0.15) is 24.7 Å². The number of primary amides is 1. The van der Waals surface area contributed by atoms with Crippen molar-refractivity contribution < 1.29 is 19.1 Å². The van der Waals surface area contributed by atoms with E-state index in [0.29, 0.717) is 30.2 Å². The molecule has 0 atom stereocenters. The molecule has 3 aromatic rings. The molecule has 0 aliphatic carbocycles. The zero-order chi connectivity index (χ0) is 22.1. The number of carbonyl (C=O) groups excluding carboxylic acids is 2. The monoisotopic (exact) mass is 435 g/mol.